The van der Waals surface area contributed by atoms with Gasteiger partial charge in [-0.2, -0.15) is 5.26 Å². The maximum atomic E-state index is 12.3. The second-order valence-electron chi connectivity index (χ2n) is 4.25. The van der Waals surface area contributed by atoms with E-state index in [4.69, 9.17) is 5.26 Å². The number of hydrogen-bond acceptors (Lipinski definition) is 2. The van der Waals surface area contributed by atoms with Gasteiger partial charge in [0.15, 0.2) is 0 Å². The SMILES string of the molecule is Cc1ccc([C@@H](CC#N)C(=O)n2cccc2)cc1. The van der Waals surface area contributed by atoms with E-state index in [1.54, 1.807) is 24.5 Å². The Morgan fingerprint density at radius 3 is 2.44 bits per heavy atom. The molecular formula is C15H14N2O. The van der Waals surface area contributed by atoms with Gasteiger partial charge in [0, 0.05) is 12.4 Å². The molecule has 0 N–H and O–H groups in total. The molecule has 0 saturated carbocycles. The van der Waals surface area contributed by atoms with E-state index in [1.165, 1.54) is 4.57 Å². The minimum Gasteiger partial charge on any atom is -0.294 e. The van der Waals surface area contributed by atoms with Crippen LogP contribution in [0, 0.1) is 18.3 Å². The lowest BCUT2D eigenvalue weighted by molar-refractivity contribution is 0.0879. The van der Waals surface area contributed by atoms with E-state index in [1.807, 2.05) is 31.2 Å². The second kappa shape index (κ2) is 5.33. The van der Waals surface area contributed by atoms with Gasteiger partial charge >= 0.3 is 0 Å². The van der Waals surface area contributed by atoms with Gasteiger partial charge in [0.25, 0.3) is 0 Å². The second-order valence-corrected chi connectivity index (χ2v) is 4.25. The third-order valence-corrected chi connectivity index (χ3v) is 2.93. The molecule has 0 aliphatic rings. The fourth-order valence-electron chi connectivity index (χ4n) is 1.90. The van der Waals surface area contributed by atoms with Gasteiger partial charge in [0.05, 0.1) is 18.4 Å². The molecule has 1 aromatic heterocycles. The monoisotopic (exact) mass is 238 g/mol. The molecule has 0 saturated heterocycles. The zero-order valence-corrected chi connectivity index (χ0v) is 10.2. The first kappa shape index (κ1) is 12.1. The summed E-state index contributed by atoms with van der Waals surface area (Å²) in [6, 6.07) is 13.4. The molecule has 0 spiro atoms. The molecule has 2 aromatic rings. The first-order valence-electron chi connectivity index (χ1n) is 5.83. The predicted molar refractivity (Wildman–Crippen MR) is 69.2 cm³/mol. The molecule has 18 heavy (non-hydrogen) atoms. The third-order valence-electron chi connectivity index (χ3n) is 2.93. The van der Waals surface area contributed by atoms with Crippen LogP contribution in [-0.2, 0) is 0 Å². The lowest BCUT2D eigenvalue weighted by Crippen LogP contribution is -2.18. The summed E-state index contributed by atoms with van der Waals surface area (Å²) in [4.78, 5) is 12.3. The van der Waals surface area contributed by atoms with E-state index in [0.29, 0.717) is 0 Å². The molecular weight excluding hydrogens is 224 g/mol. The molecule has 0 unspecified atom stereocenters. The van der Waals surface area contributed by atoms with E-state index in [2.05, 4.69) is 6.07 Å². The molecule has 90 valence electrons. The summed E-state index contributed by atoms with van der Waals surface area (Å²) in [7, 11) is 0. The molecule has 0 radical (unpaired) electrons. The van der Waals surface area contributed by atoms with E-state index >= 15 is 0 Å². The van der Waals surface area contributed by atoms with Crippen LogP contribution in [-0.4, -0.2) is 10.5 Å². The first-order valence-corrected chi connectivity index (χ1v) is 5.83. The maximum absolute atomic E-state index is 12.3. The topological polar surface area (TPSA) is 45.8 Å². The maximum Gasteiger partial charge on any atom is 0.239 e. The van der Waals surface area contributed by atoms with E-state index in [0.717, 1.165) is 11.1 Å². The minimum atomic E-state index is -0.400. The largest absolute Gasteiger partial charge is 0.294 e. The van der Waals surface area contributed by atoms with E-state index in [-0.39, 0.29) is 12.3 Å². The molecule has 0 aliphatic heterocycles. The lowest BCUT2D eigenvalue weighted by Gasteiger charge is -2.13. The van der Waals surface area contributed by atoms with Gasteiger partial charge in [-0.25, -0.2) is 0 Å². The number of nitriles is 1. The van der Waals surface area contributed by atoms with Gasteiger partial charge in [-0.15, -0.1) is 0 Å². The molecule has 1 aromatic carbocycles. The molecule has 0 fully saturated rings. The van der Waals surface area contributed by atoms with Crippen molar-refractivity contribution in [2.75, 3.05) is 0 Å². The van der Waals surface area contributed by atoms with Crippen molar-refractivity contribution in [3.8, 4) is 6.07 Å². The van der Waals surface area contributed by atoms with Crippen LogP contribution < -0.4 is 0 Å². The van der Waals surface area contributed by atoms with Crippen molar-refractivity contribution in [1.82, 2.24) is 4.57 Å². The Hall–Kier alpha value is -2.34. The van der Waals surface area contributed by atoms with Crippen LogP contribution in [0.1, 0.15) is 28.3 Å². The van der Waals surface area contributed by atoms with Gasteiger partial charge in [-0.05, 0) is 24.6 Å². The molecule has 1 heterocycles. The molecule has 1 atom stereocenters. The highest BCUT2D eigenvalue weighted by atomic mass is 16.2. The van der Waals surface area contributed by atoms with Crippen molar-refractivity contribution in [2.45, 2.75) is 19.3 Å². The first-order chi connectivity index (χ1) is 8.72. The summed E-state index contributed by atoms with van der Waals surface area (Å²) in [5, 5.41) is 8.89. The van der Waals surface area contributed by atoms with Crippen molar-refractivity contribution in [3.05, 3.63) is 59.9 Å². The number of aryl methyl sites for hydroxylation is 1. The van der Waals surface area contributed by atoms with E-state index in [9.17, 15) is 4.79 Å². The minimum absolute atomic E-state index is 0.0644. The smallest absolute Gasteiger partial charge is 0.239 e. The van der Waals surface area contributed by atoms with Crippen molar-refractivity contribution >= 4 is 5.91 Å². The Balaban J connectivity index is 2.31. The number of aromatic nitrogens is 1. The average Bonchev–Trinajstić information content (AvgIpc) is 2.90. The van der Waals surface area contributed by atoms with Gasteiger partial charge in [0.2, 0.25) is 5.91 Å². The van der Waals surface area contributed by atoms with Gasteiger partial charge in [0.1, 0.15) is 0 Å². The average molecular weight is 238 g/mol. The predicted octanol–water partition coefficient (Wildman–Crippen LogP) is 3.13. The van der Waals surface area contributed by atoms with Gasteiger partial charge in [-0.3, -0.25) is 9.36 Å². The quantitative estimate of drug-likeness (QED) is 0.824. The van der Waals surface area contributed by atoms with Crippen LogP contribution >= 0.6 is 0 Å². The zero-order valence-electron chi connectivity index (χ0n) is 10.2. The summed E-state index contributed by atoms with van der Waals surface area (Å²) >= 11 is 0. The van der Waals surface area contributed by atoms with Gasteiger partial charge < -0.3 is 0 Å². The standard InChI is InChI=1S/C15H14N2O/c1-12-4-6-13(7-5-12)14(8-9-16)15(18)17-10-2-3-11-17/h2-7,10-11,14H,8H2,1H3/t14-/m1/s1. The van der Waals surface area contributed by atoms with Crippen LogP contribution in [0.15, 0.2) is 48.8 Å². The number of carbonyl (C=O) groups is 1. The van der Waals surface area contributed by atoms with Crippen LogP contribution in [0.3, 0.4) is 0 Å². The lowest BCUT2D eigenvalue weighted by atomic mass is 9.94. The summed E-state index contributed by atoms with van der Waals surface area (Å²) in [5.74, 6) is -0.464. The molecule has 0 amide bonds. The fraction of sp³-hybridized carbons (Fsp3) is 0.200. The highest BCUT2D eigenvalue weighted by Gasteiger charge is 2.21. The van der Waals surface area contributed by atoms with Crippen molar-refractivity contribution < 1.29 is 4.79 Å². The number of benzene rings is 1. The van der Waals surface area contributed by atoms with Crippen molar-refractivity contribution in [1.29, 1.82) is 5.26 Å². The Morgan fingerprint density at radius 1 is 1.28 bits per heavy atom. The Bertz CT molecular complexity index is 562. The summed E-state index contributed by atoms with van der Waals surface area (Å²) in [5.41, 5.74) is 2.03. The highest BCUT2D eigenvalue weighted by Crippen LogP contribution is 2.22. The van der Waals surface area contributed by atoms with E-state index < -0.39 is 5.92 Å². The zero-order chi connectivity index (χ0) is 13.0. The molecule has 3 heteroatoms. The summed E-state index contributed by atoms with van der Waals surface area (Å²) < 4.78 is 1.53. The summed E-state index contributed by atoms with van der Waals surface area (Å²) in [6.07, 6.45) is 3.61. The number of hydrogen-bond donors (Lipinski definition) is 0. The molecule has 0 bridgehead atoms. The number of rotatable bonds is 3. The number of carbonyl (C=O) groups excluding carboxylic acids is 1. The molecule has 2 rings (SSSR count). The molecule has 0 aliphatic carbocycles. The fourth-order valence-corrected chi connectivity index (χ4v) is 1.90. The Kier molecular flexibility index (Phi) is 3.59. The number of nitrogens with zero attached hydrogens (tertiary/aromatic N) is 2. The van der Waals surface area contributed by atoms with Crippen LogP contribution in [0.5, 0.6) is 0 Å². The molecule has 3 nitrogen and oxygen atoms in total. The van der Waals surface area contributed by atoms with Crippen LogP contribution in [0.25, 0.3) is 0 Å². The van der Waals surface area contributed by atoms with Crippen molar-refractivity contribution in [3.63, 3.8) is 0 Å². The van der Waals surface area contributed by atoms with Crippen LogP contribution in [0.2, 0.25) is 0 Å². The third kappa shape index (κ3) is 2.49. The Morgan fingerprint density at radius 2 is 1.89 bits per heavy atom. The normalized spacial score (nSPS) is 11.8. The summed E-state index contributed by atoms with van der Waals surface area (Å²) in [6.45, 7) is 2.00. The van der Waals surface area contributed by atoms with Crippen LogP contribution in [0.4, 0.5) is 0 Å². The Labute approximate surface area is 106 Å². The highest BCUT2D eigenvalue weighted by molar-refractivity contribution is 5.86. The van der Waals surface area contributed by atoms with Gasteiger partial charge in [-0.1, -0.05) is 29.8 Å². The van der Waals surface area contributed by atoms with Crippen molar-refractivity contribution in [2.24, 2.45) is 0 Å².